The number of benzene rings is 2. The number of anilines is 2. The van der Waals surface area contributed by atoms with Crippen molar-refractivity contribution in [2.75, 3.05) is 12.4 Å². The summed E-state index contributed by atoms with van der Waals surface area (Å²) in [5.41, 5.74) is 5.51. The van der Waals surface area contributed by atoms with Gasteiger partial charge in [0.1, 0.15) is 11.6 Å². The summed E-state index contributed by atoms with van der Waals surface area (Å²) in [4.78, 5) is 4.60. The maximum Gasteiger partial charge on any atom is 0.141 e. The summed E-state index contributed by atoms with van der Waals surface area (Å²) in [5.74, 6) is 1.35. The SMILES string of the molecule is C=C(OC)c1cc(CC)cnc1Nc1ccc2c(ccn2Cc2ccccc2)c1. The average molecular weight is 383 g/mol. The van der Waals surface area contributed by atoms with Crippen molar-refractivity contribution in [3.63, 3.8) is 0 Å². The second kappa shape index (κ2) is 8.23. The Labute approximate surface area is 171 Å². The fourth-order valence-electron chi connectivity index (χ4n) is 3.46. The van der Waals surface area contributed by atoms with Crippen LogP contribution in [0.25, 0.3) is 16.7 Å². The first-order valence-electron chi connectivity index (χ1n) is 9.80. The lowest BCUT2D eigenvalue weighted by atomic mass is 10.1. The van der Waals surface area contributed by atoms with Crippen molar-refractivity contribution in [2.24, 2.45) is 0 Å². The van der Waals surface area contributed by atoms with E-state index in [0.717, 1.165) is 35.6 Å². The standard InChI is InChI=1S/C25H25N3O/c1-4-19-14-23(18(2)29-3)25(26-16-19)27-22-10-11-24-21(15-22)12-13-28(24)17-20-8-6-5-7-9-20/h5-16H,2,4,17H2,1,3H3,(H,26,27). The van der Waals surface area contributed by atoms with Gasteiger partial charge < -0.3 is 14.6 Å². The van der Waals surface area contributed by atoms with Gasteiger partial charge in [0.05, 0.1) is 12.7 Å². The third kappa shape index (κ3) is 4.02. The van der Waals surface area contributed by atoms with Crippen LogP contribution >= 0.6 is 0 Å². The molecule has 2 heterocycles. The highest BCUT2D eigenvalue weighted by Crippen LogP contribution is 2.28. The minimum Gasteiger partial charge on any atom is -0.497 e. The number of nitrogens with one attached hydrogen (secondary N) is 1. The molecule has 29 heavy (non-hydrogen) atoms. The Balaban J connectivity index is 1.62. The van der Waals surface area contributed by atoms with Crippen LogP contribution in [0.2, 0.25) is 0 Å². The third-order valence-corrected chi connectivity index (χ3v) is 5.13. The number of hydrogen-bond donors (Lipinski definition) is 1. The Bertz CT molecular complexity index is 1150. The largest absolute Gasteiger partial charge is 0.497 e. The van der Waals surface area contributed by atoms with Gasteiger partial charge in [-0.15, -0.1) is 0 Å². The molecule has 0 saturated heterocycles. The first-order chi connectivity index (χ1) is 14.2. The quantitative estimate of drug-likeness (QED) is 0.397. The maximum absolute atomic E-state index is 5.37. The molecule has 2 aromatic carbocycles. The van der Waals surface area contributed by atoms with Gasteiger partial charge >= 0.3 is 0 Å². The number of aromatic nitrogens is 2. The number of ether oxygens (including phenoxy) is 1. The van der Waals surface area contributed by atoms with E-state index in [1.807, 2.05) is 12.3 Å². The van der Waals surface area contributed by atoms with Crippen LogP contribution in [0.15, 0.2) is 79.6 Å². The van der Waals surface area contributed by atoms with Crippen LogP contribution in [-0.2, 0) is 17.7 Å². The van der Waals surface area contributed by atoms with E-state index < -0.39 is 0 Å². The number of nitrogens with zero attached hydrogens (tertiary/aromatic N) is 2. The van der Waals surface area contributed by atoms with Crippen molar-refractivity contribution in [2.45, 2.75) is 19.9 Å². The molecule has 0 unspecified atom stereocenters. The van der Waals surface area contributed by atoms with Crippen molar-refractivity contribution in [3.8, 4) is 0 Å². The minimum atomic E-state index is 0.602. The highest BCUT2D eigenvalue weighted by atomic mass is 16.5. The Morgan fingerprint density at radius 1 is 1.07 bits per heavy atom. The van der Waals surface area contributed by atoms with Crippen LogP contribution in [0.5, 0.6) is 0 Å². The molecule has 0 fully saturated rings. The lowest BCUT2D eigenvalue weighted by Crippen LogP contribution is -2.01. The van der Waals surface area contributed by atoms with Gasteiger partial charge in [-0.1, -0.05) is 43.8 Å². The van der Waals surface area contributed by atoms with Crippen LogP contribution in [-0.4, -0.2) is 16.7 Å². The predicted octanol–water partition coefficient (Wildman–Crippen LogP) is 6.01. The molecular formula is C25H25N3O. The molecule has 0 aliphatic heterocycles. The highest BCUT2D eigenvalue weighted by molar-refractivity contribution is 5.85. The second-order valence-corrected chi connectivity index (χ2v) is 7.05. The maximum atomic E-state index is 5.37. The van der Waals surface area contributed by atoms with E-state index in [1.54, 1.807) is 7.11 Å². The van der Waals surface area contributed by atoms with Crippen LogP contribution in [0.4, 0.5) is 11.5 Å². The molecule has 4 aromatic rings. The van der Waals surface area contributed by atoms with Gasteiger partial charge in [-0.2, -0.15) is 0 Å². The minimum absolute atomic E-state index is 0.602. The van der Waals surface area contributed by atoms with E-state index in [1.165, 1.54) is 16.5 Å². The number of rotatable bonds is 7. The van der Waals surface area contributed by atoms with Gasteiger partial charge in [-0.3, -0.25) is 0 Å². The molecule has 4 nitrogen and oxygen atoms in total. The van der Waals surface area contributed by atoms with E-state index in [2.05, 4.69) is 89.2 Å². The molecule has 1 N–H and O–H groups in total. The van der Waals surface area contributed by atoms with Gasteiger partial charge in [0.2, 0.25) is 0 Å². The summed E-state index contributed by atoms with van der Waals surface area (Å²) in [6.45, 7) is 6.97. The average Bonchev–Trinajstić information content (AvgIpc) is 3.16. The van der Waals surface area contributed by atoms with Crippen molar-refractivity contribution < 1.29 is 4.74 Å². The number of aryl methyl sites for hydroxylation is 1. The molecule has 0 aliphatic carbocycles. The van der Waals surface area contributed by atoms with Crippen molar-refractivity contribution in [3.05, 3.63) is 96.3 Å². The van der Waals surface area contributed by atoms with Gasteiger partial charge in [0.25, 0.3) is 0 Å². The summed E-state index contributed by atoms with van der Waals surface area (Å²) in [6, 6.07) is 21.1. The van der Waals surface area contributed by atoms with E-state index in [9.17, 15) is 0 Å². The lowest BCUT2D eigenvalue weighted by molar-refractivity contribution is 0.371. The molecule has 4 heteroatoms. The van der Waals surface area contributed by atoms with Crippen LogP contribution in [0.3, 0.4) is 0 Å². The Morgan fingerprint density at radius 3 is 2.66 bits per heavy atom. The van der Waals surface area contributed by atoms with E-state index in [-0.39, 0.29) is 0 Å². The van der Waals surface area contributed by atoms with Crippen molar-refractivity contribution >= 4 is 28.2 Å². The number of hydrogen-bond acceptors (Lipinski definition) is 3. The Kier molecular flexibility index (Phi) is 5.34. The van der Waals surface area contributed by atoms with Gasteiger partial charge in [-0.05, 0) is 47.9 Å². The third-order valence-electron chi connectivity index (χ3n) is 5.13. The highest BCUT2D eigenvalue weighted by Gasteiger charge is 2.11. The molecule has 0 atom stereocenters. The molecule has 2 aromatic heterocycles. The monoisotopic (exact) mass is 383 g/mol. The molecule has 0 bridgehead atoms. The molecule has 0 saturated carbocycles. The van der Waals surface area contributed by atoms with Gasteiger partial charge in [-0.25, -0.2) is 4.98 Å². The zero-order chi connectivity index (χ0) is 20.2. The second-order valence-electron chi connectivity index (χ2n) is 7.05. The summed E-state index contributed by atoms with van der Waals surface area (Å²) in [6.07, 6.45) is 4.94. The van der Waals surface area contributed by atoms with Crippen LogP contribution in [0, 0.1) is 0 Å². The fourth-order valence-corrected chi connectivity index (χ4v) is 3.46. The summed E-state index contributed by atoms with van der Waals surface area (Å²) >= 11 is 0. The van der Waals surface area contributed by atoms with E-state index in [4.69, 9.17) is 4.74 Å². The molecular weight excluding hydrogens is 358 g/mol. The molecule has 0 spiro atoms. The van der Waals surface area contributed by atoms with Crippen molar-refractivity contribution in [1.29, 1.82) is 0 Å². The predicted molar refractivity (Wildman–Crippen MR) is 120 cm³/mol. The van der Waals surface area contributed by atoms with Gasteiger partial charge in [0.15, 0.2) is 0 Å². The van der Waals surface area contributed by atoms with Gasteiger partial charge in [0, 0.05) is 35.5 Å². The molecule has 0 aliphatic rings. The van der Waals surface area contributed by atoms with Crippen LogP contribution in [0.1, 0.15) is 23.6 Å². The molecule has 0 radical (unpaired) electrons. The smallest absolute Gasteiger partial charge is 0.141 e. The fraction of sp³-hybridized carbons (Fsp3) is 0.160. The van der Waals surface area contributed by atoms with Crippen LogP contribution < -0.4 is 5.32 Å². The summed E-state index contributed by atoms with van der Waals surface area (Å²) < 4.78 is 7.63. The molecule has 4 rings (SSSR count). The number of methoxy groups -OCH3 is 1. The Morgan fingerprint density at radius 2 is 1.90 bits per heavy atom. The molecule has 0 amide bonds. The topological polar surface area (TPSA) is 39.1 Å². The normalized spacial score (nSPS) is 10.8. The first-order valence-corrected chi connectivity index (χ1v) is 9.80. The summed E-state index contributed by atoms with van der Waals surface area (Å²) in [7, 11) is 1.63. The molecule has 146 valence electrons. The lowest BCUT2D eigenvalue weighted by Gasteiger charge is -2.14. The summed E-state index contributed by atoms with van der Waals surface area (Å²) in [5, 5.41) is 4.61. The Hall–Kier alpha value is -3.53. The van der Waals surface area contributed by atoms with E-state index >= 15 is 0 Å². The zero-order valence-corrected chi connectivity index (χ0v) is 16.9. The number of fused-ring (bicyclic) bond motifs is 1. The first kappa shape index (κ1) is 18.8. The zero-order valence-electron chi connectivity index (χ0n) is 16.9. The van der Waals surface area contributed by atoms with Crippen molar-refractivity contribution in [1.82, 2.24) is 9.55 Å². The number of pyridine rings is 1. The van der Waals surface area contributed by atoms with E-state index in [0.29, 0.717) is 5.76 Å².